The molecular weight excluding hydrogens is 224 g/mol. The number of alkyl halides is 1. The van der Waals surface area contributed by atoms with Gasteiger partial charge in [0.05, 0.1) is 6.61 Å². The van der Waals surface area contributed by atoms with E-state index in [1.54, 1.807) is 7.11 Å². The molecule has 0 aromatic rings. The second-order valence-corrected chi connectivity index (χ2v) is 5.01. The monoisotopic (exact) mass is 240 g/mol. The van der Waals surface area contributed by atoms with E-state index in [2.05, 4.69) is 29.8 Å². The van der Waals surface area contributed by atoms with E-state index in [0.717, 1.165) is 17.7 Å². The van der Waals surface area contributed by atoms with Crippen molar-refractivity contribution in [2.45, 2.75) is 13.8 Å². The van der Waals surface area contributed by atoms with Crippen LogP contribution < -0.4 is 0 Å². The van der Waals surface area contributed by atoms with Gasteiger partial charge in [-0.25, -0.2) is 0 Å². The van der Waals surface area contributed by atoms with E-state index in [0.29, 0.717) is 5.41 Å². The highest BCUT2D eigenvalue weighted by molar-refractivity contribution is 9.09. The highest BCUT2D eigenvalue weighted by Gasteiger charge is 2.15. The van der Waals surface area contributed by atoms with Gasteiger partial charge in [0, 0.05) is 18.2 Å². The number of methoxy groups -OCH3 is 1. The van der Waals surface area contributed by atoms with Gasteiger partial charge in [-0.3, -0.25) is 0 Å². The summed E-state index contributed by atoms with van der Waals surface area (Å²) in [4.78, 5) is 0. The van der Waals surface area contributed by atoms with Gasteiger partial charge in [0.2, 0.25) is 0 Å². The molecule has 0 aliphatic rings. The predicted octanol–water partition coefficient (Wildman–Crippen LogP) is 2.79. The average Bonchev–Trinajstić information content (AvgIpc) is 1.99. The maximum absolute atomic E-state index is 4.96. The third-order valence-corrected chi connectivity index (χ3v) is 4.25. The first-order valence-electron chi connectivity index (χ1n) is 3.75. The molecule has 3 heteroatoms. The molecule has 0 aliphatic heterocycles. The Morgan fingerprint density at radius 1 is 1.45 bits per heavy atom. The van der Waals surface area contributed by atoms with E-state index in [-0.39, 0.29) is 0 Å². The predicted molar refractivity (Wildman–Crippen MR) is 56.8 cm³/mol. The van der Waals surface area contributed by atoms with Crippen LogP contribution in [0.25, 0.3) is 0 Å². The number of hydrogen-bond donors (Lipinski definition) is 0. The third kappa shape index (κ3) is 7.16. The highest BCUT2D eigenvalue weighted by atomic mass is 79.9. The van der Waals surface area contributed by atoms with Crippen LogP contribution >= 0.6 is 27.7 Å². The van der Waals surface area contributed by atoms with E-state index >= 15 is 0 Å². The van der Waals surface area contributed by atoms with Crippen LogP contribution in [0.3, 0.4) is 0 Å². The minimum atomic E-state index is 0.415. The molecule has 0 aromatic heterocycles. The molecule has 0 N–H and O–H groups in total. The summed E-state index contributed by atoms with van der Waals surface area (Å²) in [6.45, 7) is 5.39. The molecule has 0 radical (unpaired) electrons. The van der Waals surface area contributed by atoms with Gasteiger partial charge in [-0.15, -0.1) is 0 Å². The Morgan fingerprint density at radius 3 is 2.55 bits per heavy atom. The molecular formula is C8H17BrOS. The zero-order valence-corrected chi connectivity index (χ0v) is 9.93. The van der Waals surface area contributed by atoms with Crippen molar-refractivity contribution in [3.8, 4) is 0 Å². The second-order valence-electron chi connectivity index (χ2n) is 3.34. The van der Waals surface area contributed by atoms with Crippen LogP contribution in [0.1, 0.15) is 13.8 Å². The van der Waals surface area contributed by atoms with Crippen LogP contribution in [0.2, 0.25) is 0 Å². The summed E-state index contributed by atoms with van der Waals surface area (Å²) in [5.41, 5.74) is 0.415. The molecule has 0 bridgehead atoms. The number of halogens is 1. The summed E-state index contributed by atoms with van der Waals surface area (Å²) in [6, 6.07) is 0. The van der Waals surface area contributed by atoms with Crippen molar-refractivity contribution in [1.82, 2.24) is 0 Å². The van der Waals surface area contributed by atoms with E-state index in [1.807, 2.05) is 11.8 Å². The summed E-state index contributed by atoms with van der Waals surface area (Å²) in [5, 5.41) is 1.07. The second kappa shape index (κ2) is 6.32. The van der Waals surface area contributed by atoms with Gasteiger partial charge in [-0.2, -0.15) is 11.8 Å². The van der Waals surface area contributed by atoms with Crippen molar-refractivity contribution in [1.29, 1.82) is 0 Å². The van der Waals surface area contributed by atoms with E-state index in [1.165, 1.54) is 5.75 Å². The Morgan fingerprint density at radius 2 is 2.09 bits per heavy atom. The number of hydrogen-bond acceptors (Lipinski definition) is 2. The van der Waals surface area contributed by atoms with Crippen LogP contribution in [0, 0.1) is 5.41 Å². The largest absolute Gasteiger partial charge is 0.384 e. The van der Waals surface area contributed by atoms with Gasteiger partial charge in [0.25, 0.3) is 0 Å². The molecule has 0 heterocycles. The number of rotatable bonds is 6. The van der Waals surface area contributed by atoms with Crippen molar-refractivity contribution in [2.75, 3.05) is 30.6 Å². The molecule has 0 rings (SSSR count). The Bertz CT molecular complexity index is 96.1. The maximum atomic E-state index is 4.96. The molecule has 0 aliphatic carbocycles. The average molecular weight is 241 g/mol. The van der Waals surface area contributed by atoms with Gasteiger partial charge in [0.15, 0.2) is 0 Å². The molecule has 1 nitrogen and oxygen atoms in total. The lowest BCUT2D eigenvalue weighted by molar-refractivity contribution is 0.218. The Labute approximate surface area is 82.4 Å². The molecule has 0 fully saturated rings. The fourth-order valence-electron chi connectivity index (χ4n) is 0.529. The quantitative estimate of drug-likeness (QED) is 0.522. The lowest BCUT2D eigenvalue weighted by atomic mass is 10.0. The van der Waals surface area contributed by atoms with Crippen molar-refractivity contribution >= 4 is 27.7 Å². The number of thioether (sulfide) groups is 1. The maximum Gasteiger partial charge on any atom is 0.0552 e. The third-order valence-electron chi connectivity index (χ3n) is 1.29. The minimum absolute atomic E-state index is 0.415. The van der Waals surface area contributed by atoms with Crippen LogP contribution in [0.15, 0.2) is 0 Å². The van der Waals surface area contributed by atoms with Crippen LogP contribution in [-0.4, -0.2) is 30.6 Å². The van der Waals surface area contributed by atoms with Gasteiger partial charge >= 0.3 is 0 Å². The molecule has 0 spiro atoms. The van der Waals surface area contributed by atoms with Gasteiger partial charge in [-0.05, 0) is 11.2 Å². The molecule has 0 unspecified atom stereocenters. The smallest absolute Gasteiger partial charge is 0.0552 e. The zero-order valence-electron chi connectivity index (χ0n) is 7.52. The minimum Gasteiger partial charge on any atom is -0.384 e. The van der Waals surface area contributed by atoms with Crippen molar-refractivity contribution in [3.05, 3.63) is 0 Å². The summed E-state index contributed by atoms with van der Waals surface area (Å²) < 4.78 is 4.96. The summed E-state index contributed by atoms with van der Waals surface area (Å²) in [7, 11) is 1.75. The first-order valence-corrected chi connectivity index (χ1v) is 6.02. The SMILES string of the molecule is COCCSCC(C)(C)CBr. The molecule has 0 saturated heterocycles. The fourth-order valence-corrected chi connectivity index (χ4v) is 2.07. The van der Waals surface area contributed by atoms with E-state index < -0.39 is 0 Å². The molecule has 0 amide bonds. The van der Waals surface area contributed by atoms with Gasteiger partial charge < -0.3 is 4.74 Å². The first kappa shape index (κ1) is 11.8. The Kier molecular flexibility index (Phi) is 6.78. The van der Waals surface area contributed by atoms with Crippen molar-refractivity contribution in [2.24, 2.45) is 5.41 Å². The standard InChI is InChI=1S/C8H17BrOS/c1-8(2,6-9)7-11-5-4-10-3/h4-7H2,1-3H3. The van der Waals surface area contributed by atoms with Crippen LogP contribution in [0.4, 0.5) is 0 Å². The summed E-state index contributed by atoms with van der Waals surface area (Å²) in [5.74, 6) is 2.30. The highest BCUT2D eigenvalue weighted by Crippen LogP contribution is 2.23. The lowest BCUT2D eigenvalue weighted by Gasteiger charge is -2.20. The van der Waals surface area contributed by atoms with E-state index in [9.17, 15) is 0 Å². The van der Waals surface area contributed by atoms with E-state index in [4.69, 9.17) is 4.74 Å². The molecule has 0 aromatic carbocycles. The fraction of sp³-hybridized carbons (Fsp3) is 1.00. The topological polar surface area (TPSA) is 9.23 Å². The zero-order chi connectivity index (χ0) is 8.74. The molecule has 11 heavy (non-hydrogen) atoms. The molecule has 0 saturated carbocycles. The Balaban J connectivity index is 3.23. The Hall–Kier alpha value is 0.790. The molecule has 68 valence electrons. The summed E-state index contributed by atoms with van der Waals surface area (Å²) in [6.07, 6.45) is 0. The summed E-state index contributed by atoms with van der Waals surface area (Å²) >= 11 is 5.45. The van der Waals surface area contributed by atoms with Gasteiger partial charge in [-0.1, -0.05) is 29.8 Å². The van der Waals surface area contributed by atoms with Crippen LogP contribution in [0.5, 0.6) is 0 Å². The first-order chi connectivity index (χ1) is 5.12. The number of ether oxygens (including phenoxy) is 1. The van der Waals surface area contributed by atoms with Crippen molar-refractivity contribution in [3.63, 3.8) is 0 Å². The van der Waals surface area contributed by atoms with Crippen LogP contribution in [-0.2, 0) is 4.74 Å². The van der Waals surface area contributed by atoms with Crippen molar-refractivity contribution < 1.29 is 4.74 Å². The normalized spacial score (nSPS) is 12.0. The van der Waals surface area contributed by atoms with Gasteiger partial charge in [0.1, 0.15) is 0 Å². The lowest BCUT2D eigenvalue weighted by Crippen LogP contribution is -2.16. The molecule has 0 atom stereocenters.